The van der Waals surface area contributed by atoms with Crippen LogP contribution in [0.3, 0.4) is 0 Å². The van der Waals surface area contributed by atoms with E-state index in [0.29, 0.717) is 3.57 Å². The van der Waals surface area contributed by atoms with Crippen LogP contribution in [0, 0.1) is 9.39 Å². The number of hydrogen-bond acceptors (Lipinski definition) is 4. The Balaban J connectivity index is 2.14. The zero-order valence-corrected chi connectivity index (χ0v) is 15.8. The van der Waals surface area contributed by atoms with Gasteiger partial charge in [0.15, 0.2) is 0 Å². The maximum absolute atomic E-state index is 14.2. The van der Waals surface area contributed by atoms with E-state index < -0.39 is 23.0 Å². The second-order valence-electron chi connectivity index (χ2n) is 5.93. The predicted molar refractivity (Wildman–Crippen MR) is 99.8 cm³/mol. The first kappa shape index (κ1) is 17.6. The summed E-state index contributed by atoms with van der Waals surface area (Å²) in [5, 5.41) is 5.46. The van der Waals surface area contributed by atoms with E-state index in [2.05, 4.69) is 10.6 Å². The van der Waals surface area contributed by atoms with Crippen molar-refractivity contribution in [1.82, 2.24) is 14.5 Å². The van der Waals surface area contributed by atoms with E-state index in [1.54, 1.807) is 6.07 Å². The number of nitrogens with one attached hydrogen (secondary N) is 2. The minimum Gasteiger partial charge on any atom is -0.349 e. The van der Waals surface area contributed by atoms with Crippen LogP contribution in [0.25, 0.3) is 0 Å². The fourth-order valence-electron chi connectivity index (χ4n) is 2.40. The van der Waals surface area contributed by atoms with Crippen molar-refractivity contribution in [1.29, 1.82) is 0 Å². The molecule has 0 spiro atoms. The number of benzene rings is 1. The van der Waals surface area contributed by atoms with Gasteiger partial charge < -0.3 is 10.6 Å². The molecule has 7 nitrogen and oxygen atoms in total. The van der Waals surface area contributed by atoms with E-state index >= 15 is 0 Å². The van der Waals surface area contributed by atoms with Gasteiger partial charge >= 0.3 is 5.69 Å². The molecule has 0 atom stereocenters. The molecule has 3 rings (SSSR count). The fraction of sp³-hybridized carbons (Fsp3) is 0.312. The standard InChI is InChI=1S/C16H16FIN4O3/c1-21-13(20-11-6-3-8(18)7-10(11)17)12(14(23)19-9-4-5-9)15(24)22(2)16(21)25/h3,6-7,9,20H,4-5H2,1-2H3,(H,19,23). The van der Waals surface area contributed by atoms with Gasteiger partial charge in [0.1, 0.15) is 17.2 Å². The van der Waals surface area contributed by atoms with Crippen molar-refractivity contribution in [2.45, 2.75) is 18.9 Å². The largest absolute Gasteiger partial charge is 0.349 e. The average Bonchev–Trinajstić information content (AvgIpc) is 3.36. The Morgan fingerprint density at radius 1 is 1.24 bits per heavy atom. The van der Waals surface area contributed by atoms with Crippen LogP contribution in [0.2, 0.25) is 0 Å². The highest BCUT2D eigenvalue weighted by atomic mass is 127. The fourth-order valence-corrected chi connectivity index (χ4v) is 2.85. The number of rotatable bonds is 4. The molecule has 1 aromatic carbocycles. The Morgan fingerprint density at radius 3 is 2.52 bits per heavy atom. The average molecular weight is 458 g/mol. The third kappa shape index (κ3) is 3.46. The van der Waals surface area contributed by atoms with Gasteiger partial charge in [0.2, 0.25) is 0 Å². The summed E-state index contributed by atoms with van der Waals surface area (Å²) in [5.41, 5.74) is -1.48. The lowest BCUT2D eigenvalue weighted by Gasteiger charge is -2.17. The summed E-state index contributed by atoms with van der Waals surface area (Å²) in [6.07, 6.45) is 1.71. The zero-order chi connectivity index (χ0) is 18.3. The highest BCUT2D eigenvalue weighted by molar-refractivity contribution is 14.1. The molecule has 1 aliphatic rings. The Labute approximate surface area is 156 Å². The molecule has 1 saturated carbocycles. The van der Waals surface area contributed by atoms with Crippen LogP contribution in [0.5, 0.6) is 0 Å². The first-order valence-corrected chi connectivity index (χ1v) is 8.70. The van der Waals surface area contributed by atoms with Gasteiger partial charge in [0.05, 0.1) is 5.69 Å². The Bertz CT molecular complexity index is 979. The molecule has 0 unspecified atom stereocenters. The van der Waals surface area contributed by atoms with Crippen molar-refractivity contribution in [3.63, 3.8) is 0 Å². The number of halogens is 2. The van der Waals surface area contributed by atoms with E-state index in [9.17, 15) is 18.8 Å². The van der Waals surface area contributed by atoms with Gasteiger partial charge in [-0.1, -0.05) is 0 Å². The molecular formula is C16H16FIN4O3. The molecular weight excluding hydrogens is 442 g/mol. The van der Waals surface area contributed by atoms with Gasteiger partial charge in [-0.2, -0.15) is 0 Å². The summed E-state index contributed by atoms with van der Waals surface area (Å²) in [6, 6.07) is 4.51. The van der Waals surface area contributed by atoms with Gasteiger partial charge in [-0.25, -0.2) is 9.18 Å². The third-order valence-corrected chi connectivity index (χ3v) is 4.66. The second kappa shape index (κ2) is 6.62. The second-order valence-corrected chi connectivity index (χ2v) is 7.17. The molecule has 132 valence electrons. The molecule has 2 aromatic rings. The van der Waals surface area contributed by atoms with Crippen LogP contribution in [0.15, 0.2) is 27.8 Å². The van der Waals surface area contributed by atoms with Gasteiger partial charge in [-0.05, 0) is 53.6 Å². The predicted octanol–water partition coefficient (Wildman–Crippen LogP) is 1.46. The molecule has 1 heterocycles. The smallest absolute Gasteiger partial charge is 0.332 e. The lowest BCUT2D eigenvalue weighted by Crippen LogP contribution is -2.43. The van der Waals surface area contributed by atoms with Crippen LogP contribution in [0.1, 0.15) is 23.2 Å². The van der Waals surface area contributed by atoms with Crippen LogP contribution in [-0.2, 0) is 14.1 Å². The first-order chi connectivity index (χ1) is 11.8. The maximum Gasteiger partial charge on any atom is 0.332 e. The molecule has 1 fully saturated rings. The van der Waals surface area contributed by atoms with Crippen molar-refractivity contribution in [3.8, 4) is 0 Å². The highest BCUT2D eigenvalue weighted by Gasteiger charge is 2.28. The molecule has 25 heavy (non-hydrogen) atoms. The van der Waals surface area contributed by atoms with Gasteiger partial charge in [-0.3, -0.25) is 18.7 Å². The molecule has 2 N–H and O–H groups in total. The molecule has 0 bridgehead atoms. The molecule has 0 saturated heterocycles. The van der Waals surface area contributed by atoms with Crippen LogP contribution >= 0.6 is 22.6 Å². The molecule has 1 amide bonds. The Hall–Kier alpha value is -2.17. The minimum atomic E-state index is -0.727. The molecule has 0 aliphatic heterocycles. The molecule has 9 heteroatoms. The summed E-state index contributed by atoms with van der Waals surface area (Å²) in [6.45, 7) is 0. The third-order valence-electron chi connectivity index (χ3n) is 3.99. The number of carbonyl (C=O) groups excluding carboxylic acids is 1. The number of anilines is 2. The van der Waals surface area contributed by atoms with E-state index in [0.717, 1.165) is 22.0 Å². The normalized spacial score (nSPS) is 13.6. The monoisotopic (exact) mass is 458 g/mol. The number of nitrogens with zero attached hydrogens (tertiary/aromatic N) is 2. The summed E-state index contributed by atoms with van der Waals surface area (Å²) >= 11 is 1.97. The lowest BCUT2D eigenvalue weighted by atomic mass is 10.2. The molecule has 1 aliphatic carbocycles. The Morgan fingerprint density at radius 2 is 1.92 bits per heavy atom. The lowest BCUT2D eigenvalue weighted by molar-refractivity contribution is 0.0949. The van der Waals surface area contributed by atoms with Crippen molar-refractivity contribution >= 4 is 40.0 Å². The molecule has 1 aromatic heterocycles. The quantitative estimate of drug-likeness (QED) is 0.680. The summed E-state index contributed by atoms with van der Waals surface area (Å²) in [4.78, 5) is 37.2. The number of amides is 1. The summed E-state index contributed by atoms with van der Waals surface area (Å²) < 4.78 is 16.8. The maximum atomic E-state index is 14.2. The minimum absolute atomic E-state index is 0.0358. The van der Waals surface area contributed by atoms with Crippen molar-refractivity contribution in [3.05, 3.63) is 54.0 Å². The summed E-state index contributed by atoms with van der Waals surface area (Å²) in [7, 11) is 2.72. The summed E-state index contributed by atoms with van der Waals surface area (Å²) in [5.74, 6) is -1.16. The number of hydrogen-bond donors (Lipinski definition) is 2. The van der Waals surface area contributed by atoms with Gasteiger partial charge in [0, 0.05) is 23.7 Å². The Kier molecular flexibility index (Phi) is 4.67. The van der Waals surface area contributed by atoms with Crippen molar-refractivity contribution in [2.24, 2.45) is 14.1 Å². The zero-order valence-electron chi connectivity index (χ0n) is 13.6. The molecule has 0 radical (unpaired) electrons. The number of aromatic nitrogens is 2. The van der Waals surface area contributed by atoms with Crippen LogP contribution < -0.4 is 21.9 Å². The van der Waals surface area contributed by atoms with Crippen molar-refractivity contribution < 1.29 is 9.18 Å². The van der Waals surface area contributed by atoms with E-state index in [1.165, 1.54) is 26.2 Å². The van der Waals surface area contributed by atoms with Gasteiger partial charge in [0.25, 0.3) is 11.5 Å². The highest BCUT2D eigenvalue weighted by Crippen LogP contribution is 2.24. The van der Waals surface area contributed by atoms with Crippen LogP contribution in [-0.4, -0.2) is 21.1 Å². The van der Waals surface area contributed by atoms with Gasteiger partial charge in [-0.15, -0.1) is 0 Å². The van der Waals surface area contributed by atoms with Crippen LogP contribution in [0.4, 0.5) is 15.9 Å². The first-order valence-electron chi connectivity index (χ1n) is 7.62. The number of carbonyl (C=O) groups is 1. The van der Waals surface area contributed by atoms with E-state index in [1.807, 2.05) is 22.6 Å². The van der Waals surface area contributed by atoms with E-state index in [-0.39, 0.29) is 23.1 Å². The topological polar surface area (TPSA) is 85.1 Å². The SMILES string of the molecule is Cn1c(Nc2ccc(I)cc2F)c(C(=O)NC2CC2)c(=O)n(C)c1=O. The van der Waals surface area contributed by atoms with Crippen molar-refractivity contribution in [2.75, 3.05) is 5.32 Å². The van der Waals surface area contributed by atoms with E-state index in [4.69, 9.17) is 0 Å².